The molecule has 5 amide bonds. The molecule has 107 heavy (non-hydrogen) atoms. The predicted molar refractivity (Wildman–Crippen MR) is 443 cm³/mol. The van der Waals surface area contributed by atoms with Crippen molar-refractivity contribution in [2.45, 2.75) is 219 Å². The van der Waals surface area contributed by atoms with Gasteiger partial charge in [-0.25, -0.2) is 15.2 Å². The van der Waals surface area contributed by atoms with Crippen LogP contribution in [0.3, 0.4) is 0 Å². The number of nitrogens with zero attached hydrogens (tertiary/aromatic N) is 4. The molecule has 0 saturated carbocycles. The first-order chi connectivity index (χ1) is 52.4. The highest BCUT2D eigenvalue weighted by atomic mass is 31.2. The Morgan fingerprint density at radius 3 is 0.822 bits per heavy atom. The number of carbonyl (C=O) groups is 5. The Balaban J connectivity index is 0.806. The van der Waals surface area contributed by atoms with Gasteiger partial charge < -0.3 is 25.0 Å². The van der Waals surface area contributed by atoms with Crippen LogP contribution in [0.15, 0.2) is 182 Å². The smallest absolute Gasteiger partial charge is 0.246 e. The predicted octanol–water partition coefficient (Wildman–Crippen LogP) is 16.1. The van der Waals surface area contributed by atoms with Gasteiger partial charge in [-0.05, 0) is 208 Å². The Bertz CT molecular complexity index is 2930. The van der Waals surface area contributed by atoms with Crippen molar-refractivity contribution < 1.29 is 49.1 Å². The van der Waals surface area contributed by atoms with Gasteiger partial charge in [0, 0.05) is 91.8 Å². The van der Waals surface area contributed by atoms with Gasteiger partial charge in [0.25, 0.3) is 0 Å². The molecule has 0 saturated heterocycles. The van der Waals surface area contributed by atoms with Crippen LogP contribution in [0.25, 0.3) is 0 Å². The first kappa shape index (κ1) is 89.2. The van der Waals surface area contributed by atoms with Crippen molar-refractivity contribution in [3.05, 3.63) is 182 Å². The highest BCUT2D eigenvalue weighted by molar-refractivity contribution is 7.96. The Hall–Kier alpha value is -6.71. The van der Waals surface area contributed by atoms with E-state index in [1.54, 1.807) is 0 Å². The lowest BCUT2D eigenvalue weighted by Gasteiger charge is -2.27. The molecule has 6 aromatic carbocycles. The van der Waals surface area contributed by atoms with Crippen LogP contribution >= 0.6 is 14.5 Å². The van der Waals surface area contributed by atoms with Gasteiger partial charge in [-0.15, -0.1) is 0 Å². The lowest BCUT2D eigenvalue weighted by atomic mass is 10.1. The van der Waals surface area contributed by atoms with Crippen molar-refractivity contribution in [3.63, 3.8) is 0 Å². The van der Waals surface area contributed by atoms with Crippen LogP contribution in [-0.2, 0) is 33.4 Å². The molecule has 0 heterocycles. The summed E-state index contributed by atoms with van der Waals surface area (Å²) >= 11 is 0. The Labute approximate surface area is 644 Å². The number of ether oxygens (including phenoxy) is 2. The molecule has 0 unspecified atom stereocenters. The minimum Gasteiger partial charge on any atom is -0.381 e. The second kappa shape index (κ2) is 55.6. The molecule has 5 N–H and O–H groups in total. The highest BCUT2D eigenvalue weighted by Gasteiger charge is 2.46. The summed E-state index contributed by atoms with van der Waals surface area (Å²) < 4.78 is 12.3. The van der Waals surface area contributed by atoms with Crippen molar-refractivity contribution in [3.8, 4) is 0 Å². The van der Waals surface area contributed by atoms with Crippen LogP contribution in [0.2, 0.25) is 0 Å². The number of nitrogens with one attached hydrogen (secondary N) is 2. The molecule has 0 aliphatic carbocycles. The molecular formula is C89H132N6O10P2+2. The van der Waals surface area contributed by atoms with E-state index in [1.807, 2.05) is 0 Å². The van der Waals surface area contributed by atoms with Gasteiger partial charge in [0.1, 0.15) is 46.4 Å². The average Bonchev–Trinajstić information content (AvgIpc) is 0.767. The molecule has 586 valence electrons. The summed E-state index contributed by atoms with van der Waals surface area (Å²) in [6.45, 7) is 8.80. The van der Waals surface area contributed by atoms with Crippen molar-refractivity contribution in [1.82, 2.24) is 30.7 Å². The Kier molecular flexibility index (Phi) is 46.4. The average molecular weight is 1510 g/mol. The largest absolute Gasteiger partial charge is 0.381 e. The van der Waals surface area contributed by atoms with Gasteiger partial charge in [0.15, 0.2) is 0 Å². The number of hydrogen-bond donors (Lipinski definition) is 5. The number of amides is 5. The Morgan fingerprint density at radius 1 is 0.290 bits per heavy atom. The molecule has 0 fully saturated rings. The third-order valence-electron chi connectivity index (χ3n) is 20.4. The highest BCUT2D eigenvalue weighted by Crippen LogP contribution is 2.57. The topological polar surface area (TPSA) is 202 Å². The van der Waals surface area contributed by atoms with Crippen LogP contribution < -0.4 is 42.5 Å². The first-order valence-electron chi connectivity index (χ1n) is 40.9. The number of benzene rings is 6. The van der Waals surface area contributed by atoms with E-state index in [9.17, 15) is 39.6 Å². The standard InChI is InChI=1S/C89H130N6O10P2/c1-79(96)93(101)70-38-20-35-65-90-86(97)61-63-88(99)94(102)71-39-21-36-66-91-87(98)62-64-89(100)95(103)72-40-22-37-67-92(68-41-45-75-104-73-43-10-6-2-4-8-12-47-77-106(80-49-23-14-24-50-80,81-51-25-15-26-52-81)82-53-27-16-28-54-82)69-42-46-76-105-74-44-11-7-3-5-9-13-48-78-107(83-55-29-17-30-56-83,84-57-31-18-32-58-84)85-59-33-19-34-60-85/h14-19,23-34,49-60,101-103H,2-13,20-22,35-48,61-78H2,1H3/p+2. The SMILES string of the molecule is CC(=O)N(O)CCCCCNC(=O)CCC(=O)N(O)CCCCCNC(=O)CCC(=O)N(O)CCCCCN(CCCCOCCCCCCCCCC[P+](c1ccccc1)(c1ccccc1)c1ccccc1)CCCCOCCCCCCCCCC[P+](c1ccccc1)(c1ccccc1)c1ccccc1. The lowest BCUT2D eigenvalue weighted by Crippen LogP contribution is -2.33. The maximum Gasteiger partial charge on any atom is 0.246 e. The molecule has 0 atom stereocenters. The normalized spacial score (nSPS) is 11.6. The van der Waals surface area contributed by atoms with Gasteiger partial charge in [-0.2, -0.15) is 0 Å². The van der Waals surface area contributed by atoms with E-state index in [1.165, 1.54) is 141 Å². The van der Waals surface area contributed by atoms with Crippen LogP contribution in [0, 0.1) is 0 Å². The van der Waals surface area contributed by atoms with Gasteiger partial charge in [0.2, 0.25) is 29.5 Å². The fourth-order valence-corrected chi connectivity index (χ4v) is 23.1. The summed E-state index contributed by atoms with van der Waals surface area (Å²) in [6, 6.07) is 67.5. The van der Waals surface area contributed by atoms with E-state index in [-0.39, 0.29) is 57.1 Å². The van der Waals surface area contributed by atoms with E-state index >= 15 is 0 Å². The van der Waals surface area contributed by atoms with Crippen LogP contribution in [0.1, 0.15) is 219 Å². The molecule has 0 spiro atoms. The molecule has 6 aromatic rings. The number of unbranched alkanes of at least 4 members (excludes halogenated alkanes) is 22. The summed E-state index contributed by atoms with van der Waals surface area (Å²) in [5, 5.41) is 46.6. The zero-order valence-electron chi connectivity index (χ0n) is 64.9. The van der Waals surface area contributed by atoms with Crippen molar-refractivity contribution in [2.75, 3.05) is 91.1 Å². The molecule has 16 nitrogen and oxygen atoms in total. The second-order valence-corrected chi connectivity index (χ2v) is 36.0. The van der Waals surface area contributed by atoms with Gasteiger partial charge in [-0.3, -0.25) is 39.6 Å². The molecule has 0 radical (unpaired) electrons. The second-order valence-electron chi connectivity index (χ2n) is 28.8. The van der Waals surface area contributed by atoms with Crippen LogP contribution in [0.4, 0.5) is 0 Å². The molecular weight excluding hydrogens is 1370 g/mol. The fourth-order valence-electron chi connectivity index (χ4n) is 14.2. The van der Waals surface area contributed by atoms with Crippen molar-refractivity contribution in [1.29, 1.82) is 0 Å². The van der Waals surface area contributed by atoms with Crippen molar-refractivity contribution >= 4 is 75.9 Å². The molecule has 18 heteroatoms. The molecule has 0 aromatic heterocycles. The van der Waals surface area contributed by atoms with E-state index in [4.69, 9.17) is 9.47 Å². The summed E-state index contributed by atoms with van der Waals surface area (Å²) in [7, 11) is -3.53. The quantitative estimate of drug-likeness (QED) is 0.0105. The summed E-state index contributed by atoms with van der Waals surface area (Å²) in [5.74, 6) is -2.02. The zero-order chi connectivity index (χ0) is 75.9. The molecule has 0 aliphatic heterocycles. The van der Waals surface area contributed by atoms with Crippen LogP contribution in [0.5, 0.6) is 0 Å². The number of rotatable bonds is 62. The third kappa shape index (κ3) is 35.2. The van der Waals surface area contributed by atoms with Gasteiger partial charge >= 0.3 is 0 Å². The lowest BCUT2D eigenvalue weighted by molar-refractivity contribution is -0.166. The maximum atomic E-state index is 12.8. The number of hydrogen-bond acceptors (Lipinski definition) is 11. The number of hydroxylamine groups is 6. The summed E-state index contributed by atoms with van der Waals surface area (Å²) in [4.78, 5) is 63.5. The molecule has 0 bridgehead atoms. The first-order valence-corrected chi connectivity index (χ1v) is 44.9. The van der Waals surface area contributed by atoms with E-state index < -0.39 is 32.2 Å². The van der Waals surface area contributed by atoms with Crippen LogP contribution in [-0.4, -0.2) is 156 Å². The van der Waals surface area contributed by atoms with Crippen molar-refractivity contribution in [2.24, 2.45) is 0 Å². The zero-order valence-corrected chi connectivity index (χ0v) is 66.7. The number of carbonyl (C=O) groups excluding carboxylic acids is 5. The van der Waals surface area contributed by atoms with Gasteiger partial charge in [0.05, 0.1) is 12.3 Å². The van der Waals surface area contributed by atoms with E-state index in [0.717, 1.165) is 102 Å². The third-order valence-corrected chi connectivity index (χ3v) is 29.5. The maximum absolute atomic E-state index is 12.8. The minimum absolute atomic E-state index is 0.0343. The summed E-state index contributed by atoms with van der Waals surface area (Å²) in [5.41, 5.74) is 0. The minimum atomic E-state index is -1.77. The Morgan fingerprint density at radius 2 is 0.523 bits per heavy atom. The van der Waals surface area contributed by atoms with E-state index in [0.29, 0.717) is 68.2 Å². The summed E-state index contributed by atoms with van der Waals surface area (Å²) in [6.07, 6.45) is 32.3. The van der Waals surface area contributed by atoms with E-state index in [2.05, 4.69) is 198 Å². The molecule has 0 aliphatic rings. The monoisotopic (exact) mass is 1510 g/mol. The van der Waals surface area contributed by atoms with Gasteiger partial charge in [-0.1, -0.05) is 180 Å². The molecule has 6 rings (SSSR count). The fraction of sp³-hybridized carbons (Fsp3) is 0.539.